The summed E-state index contributed by atoms with van der Waals surface area (Å²) in [7, 11) is 0. The maximum Gasteiger partial charge on any atom is 0.338 e. The Bertz CT molecular complexity index is 337. The summed E-state index contributed by atoms with van der Waals surface area (Å²) in [4.78, 5) is 12.0. The zero-order chi connectivity index (χ0) is 10.7. The Morgan fingerprint density at radius 1 is 1.27 bits per heavy atom. The van der Waals surface area contributed by atoms with Gasteiger partial charge in [-0.1, -0.05) is 34.1 Å². The molecule has 0 aliphatic heterocycles. The van der Waals surface area contributed by atoms with Gasteiger partial charge in [0.25, 0.3) is 0 Å². The van der Waals surface area contributed by atoms with Crippen LogP contribution in [0.3, 0.4) is 0 Å². The van der Waals surface area contributed by atoms with Gasteiger partial charge in [-0.3, -0.25) is 0 Å². The normalized spacial score (nSPS) is 25.1. The number of halogens is 1. The van der Waals surface area contributed by atoms with Crippen molar-refractivity contribution in [3.63, 3.8) is 0 Å². The number of rotatable bonds is 2. The number of carbonyl (C=O) groups excluding carboxylic acids is 1. The van der Waals surface area contributed by atoms with Crippen LogP contribution in [0.5, 0.6) is 0 Å². The summed E-state index contributed by atoms with van der Waals surface area (Å²) in [5.74, 6) is -0.216. The van der Waals surface area contributed by atoms with Crippen LogP contribution < -0.4 is 0 Å². The van der Waals surface area contributed by atoms with Gasteiger partial charge < -0.3 is 4.74 Å². The standard InChI is InChI=1S/C12H13BrO2/c13-10-7-4-8-11(10)15-12(14)9-5-2-1-3-6-9/h1-3,5-6,10-11H,4,7-8H2. The molecule has 1 fully saturated rings. The van der Waals surface area contributed by atoms with Gasteiger partial charge in [0.2, 0.25) is 0 Å². The van der Waals surface area contributed by atoms with Crippen molar-refractivity contribution in [2.75, 3.05) is 0 Å². The minimum absolute atomic E-state index is 0.0395. The van der Waals surface area contributed by atoms with Crippen LogP contribution in [0.25, 0.3) is 0 Å². The molecule has 15 heavy (non-hydrogen) atoms. The van der Waals surface area contributed by atoms with E-state index in [9.17, 15) is 4.79 Å². The summed E-state index contributed by atoms with van der Waals surface area (Å²) in [6, 6.07) is 9.13. The number of hydrogen-bond acceptors (Lipinski definition) is 2. The molecule has 80 valence electrons. The molecule has 0 heterocycles. The number of hydrogen-bond donors (Lipinski definition) is 0. The summed E-state index contributed by atoms with van der Waals surface area (Å²) in [5, 5.41) is 0. The van der Waals surface area contributed by atoms with E-state index >= 15 is 0 Å². The van der Waals surface area contributed by atoms with E-state index in [2.05, 4.69) is 15.9 Å². The molecule has 1 aliphatic carbocycles. The maximum atomic E-state index is 11.7. The zero-order valence-electron chi connectivity index (χ0n) is 8.36. The monoisotopic (exact) mass is 268 g/mol. The predicted molar refractivity (Wildman–Crippen MR) is 62.2 cm³/mol. The minimum atomic E-state index is -0.216. The Balaban J connectivity index is 1.98. The largest absolute Gasteiger partial charge is 0.458 e. The SMILES string of the molecule is O=C(OC1CCCC1Br)c1ccccc1. The first kappa shape index (κ1) is 10.7. The molecule has 0 bridgehead atoms. The van der Waals surface area contributed by atoms with Crippen molar-refractivity contribution in [2.45, 2.75) is 30.2 Å². The van der Waals surface area contributed by atoms with E-state index in [-0.39, 0.29) is 12.1 Å². The molecule has 2 unspecified atom stereocenters. The summed E-state index contributed by atoms with van der Waals surface area (Å²) in [6.45, 7) is 0. The van der Waals surface area contributed by atoms with E-state index in [4.69, 9.17) is 4.74 Å². The highest BCUT2D eigenvalue weighted by Gasteiger charge is 2.28. The summed E-state index contributed by atoms with van der Waals surface area (Å²) < 4.78 is 5.42. The Labute approximate surface area is 97.8 Å². The fourth-order valence-corrected chi connectivity index (χ4v) is 2.49. The van der Waals surface area contributed by atoms with Crippen molar-refractivity contribution in [2.24, 2.45) is 0 Å². The van der Waals surface area contributed by atoms with Gasteiger partial charge >= 0.3 is 5.97 Å². The molecule has 0 amide bonds. The van der Waals surface area contributed by atoms with Gasteiger partial charge in [-0.2, -0.15) is 0 Å². The minimum Gasteiger partial charge on any atom is -0.458 e. The maximum absolute atomic E-state index is 11.7. The van der Waals surface area contributed by atoms with E-state index in [0.717, 1.165) is 19.3 Å². The fraction of sp³-hybridized carbons (Fsp3) is 0.417. The van der Waals surface area contributed by atoms with Crippen LogP contribution in [0.15, 0.2) is 30.3 Å². The van der Waals surface area contributed by atoms with Crippen LogP contribution in [0.1, 0.15) is 29.6 Å². The van der Waals surface area contributed by atoms with Crippen LogP contribution in [0, 0.1) is 0 Å². The van der Waals surface area contributed by atoms with Gasteiger partial charge in [0.05, 0.1) is 10.4 Å². The zero-order valence-corrected chi connectivity index (χ0v) is 9.94. The smallest absolute Gasteiger partial charge is 0.338 e. The van der Waals surface area contributed by atoms with Gasteiger partial charge in [-0.05, 0) is 31.4 Å². The third-order valence-corrected chi connectivity index (χ3v) is 3.69. The van der Waals surface area contributed by atoms with Gasteiger partial charge in [0.15, 0.2) is 0 Å². The molecule has 0 spiro atoms. The molecule has 0 saturated heterocycles. The van der Waals surface area contributed by atoms with Crippen molar-refractivity contribution in [1.29, 1.82) is 0 Å². The number of benzene rings is 1. The molecule has 1 saturated carbocycles. The van der Waals surface area contributed by atoms with Crippen LogP contribution >= 0.6 is 15.9 Å². The number of carbonyl (C=O) groups is 1. The third-order valence-electron chi connectivity index (χ3n) is 2.64. The quantitative estimate of drug-likeness (QED) is 0.609. The molecule has 0 N–H and O–H groups in total. The van der Waals surface area contributed by atoms with Crippen LogP contribution in [0.2, 0.25) is 0 Å². The van der Waals surface area contributed by atoms with Gasteiger partial charge in [0, 0.05) is 0 Å². The van der Waals surface area contributed by atoms with Gasteiger partial charge in [-0.15, -0.1) is 0 Å². The first-order chi connectivity index (χ1) is 7.27. The first-order valence-corrected chi connectivity index (χ1v) is 6.09. The molecule has 2 atom stereocenters. The highest BCUT2D eigenvalue weighted by Crippen LogP contribution is 2.28. The predicted octanol–water partition coefficient (Wildman–Crippen LogP) is 3.16. The van der Waals surface area contributed by atoms with E-state index in [1.54, 1.807) is 12.1 Å². The summed E-state index contributed by atoms with van der Waals surface area (Å²) in [5.41, 5.74) is 0.629. The molecular weight excluding hydrogens is 256 g/mol. The Hall–Kier alpha value is -0.830. The van der Waals surface area contributed by atoms with Crippen LogP contribution in [0.4, 0.5) is 0 Å². The summed E-state index contributed by atoms with van der Waals surface area (Å²) in [6.07, 6.45) is 3.22. The topological polar surface area (TPSA) is 26.3 Å². The number of esters is 1. The van der Waals surface area contributed by atoms with Gasteiger partial charge in [0.1, 0.15) is 6.10 Å². The van der Waals surface area contributed by atoms with E-state index < -0.39 is 0 Å². The molecule has 2 nitrogen and oxygen atoms in total. The number of ether oxygens (including phenoxy) is 1. The van der Waals surface area contributed by atoms with E-state index in [1.165, 1.54) is 0 Å². The molecule has 3 heteroatoms. The van der Waals surface area contributed by atoms with Gasteiger partial charge in [-0.25, -0.2) is 4.79 Å². The molecule has 1 aromatic carbocycles. The van der Waals surface area contributed by atoms with E-state index in [1.807, 2.05) is 18.2 Å². The average Bonchev–Trinajstić information content (AvgIpc) is 2.66. The summed E-state index contributed by atoms with van der Waals surface area (Å²) >= 11 is 3.53. The van der Waals surface area contributed by atoms with Crippen LogP contribution in [-0.2, 0) is 4.74 Å². The molecule has 0 radical (unpaired) electrons. The highest BCUT2D eigenvalue weighted by molar-refractivity contribution is 9.09. The lowest BCUT2D eigenvalue weighted by Gasteiger charge is -2.15. The van der Waals surface area contributed by atoms with E-state index in [0.29, 0.717) is 10.4 Å². The van der Waals surface area contributed by atoms with Crippen molar-refractivity contribution < 1.29 is 9.53 Å². The van der Waals surface area contributed by atoms with Crippen molar-refractivity contribution in [1.82, 2.24) is 0 Å². The lowest BCUT2D eigenvalue weighted by Crippen LogP contribution is -2.22. The average molecular weight is 269 g/mol. The molecule has 1 aromatic rings. The fourth-order valence-electron chi connectivity index (χ4n) is 1.79. The number of alkyl halides is 1. The highest BCUT2D eigenvalue weighted by atomic mass is 79.9. The van der Waals surface area contributed by atoms with Crippen molar-refractivity contribution in [3.8, 4) is 0 Å². The molecule has 0 aromatic heterocycles. The van der Waals surface area contributed by atoms with Crippen molar-refractivity contribution in [3.05, 3.63) is 35.9 Å². The Morgan fingerprint density at radius 2 is 2.00 bits per heavy atom. The molecular formula is C12H13BrO2. The lowest BCUT2D eigenvalue weighted by atomic mass is 10.2. The molecule has 2 rings (SSSR count). The third kappa shape index (κ3) is 2.59. The Morgan fingerprint density at radius 3 is 2.60 bits per heavy atom. The second-order valence-corrected chi connectivity index (χ2v) is 4.93. The lowest BCUT2D eigenvalue weighted by molar-refractivity contribution is 0.0331. The van der Waals surface area contributed by atoms with Crippen molar-refractivity contribution >= 4 is 21.9 Å². The first-order valence-electron chi connectivity index (χ1n) is 5.17. The molecule has 1 aliphatic rings. The Kier molecular flexibility index (Phi) is 3.41. The second-order valence-electron chi connectivity index (χ2n) is 3.76. The van der Waals surface area contributed by atoms with Crippen LogP contribution in [-0.4, -0.2) is 16.9 Å². The second kappa shape index (κ2) is 4.79.